The Morgan fingerprint density at radius 3 is 2.57 bits per heavy atom. The average Bonchev–Trinajstić information content (AvgIpc) is 2.70. The lowest BCUT2D eigenvalue weighted by atomic mass is 10.2. The summed E-state index contributed by atoms with van der Waals surface area (Å²) in [6.07, 6.45) is 0.892. The van der Waals surface area contributed by atoms with Crippen LogP contribution in [-0.4, -0.2) is 31.7 Å². The van der Waals surface area contributed by atoms with Crippen molar-refractivity contribution in [1.82, 2.24) is 15.0 Å². The first-order chi connectivity index (χ1) is 14.3. The van der Waals surface area contributed by atoms with Gasteiger partial charge >= 0.3 is 5.69 Å². The van der Waals surface area contributed by atoms with E-state index >= 15 is 0 Å². The minimum atomic E-state index is -0.894. The van der Waals surface area contributed by atoms with Gasteiger partial charge in [0.2, 0.25) is 5.88 Å². The molecule has 3 N–H and O–H groups in total. The fourth-order valence-electron chi connectivity index (χ4n) is 2.62. The number of aromatic amines is 1. The van der Waals surface area contributed by atoms with Crippen LogP contribution in [0, 0.1) is 17.0 Å². The van der Waals surface area contributed by atoms with E-state index in [0.717, 1.165) is 28.5 Å². The van der Waals surface area contributed by atoms with Gasteiger partial charge in [-0.15, -0.1) is 0 Å². The van der Waals surface area contributed by atoms with Crippen molar-refractivity contribution in [2.24, 2.45) is 5.10 Å². The highest BCUT2D eigenvalue weighted by Crippen LogP contribution is 2.16. The van der Waals surface area contributed by atoms with Crippen LogP contribution < -0.4 is 16.7 Å². The normalized spacial score (nSPS) is 10.8. The van der Waals surface area contributed by atoms with Gasteiger partial charge in [-0.1, -0.05) is 12.1 Å². The van der Waals surface area contributed by atoms with Gasteiger partial charge in [0.05, 0.1) is 16.8 Å². The lowest BCUT2D eigenvalue weighted by Crippen LogP contribution is -2.31. The lowest BCUT2D eigenvalue weighted by Gasteiger charge is -2.10. The van der Waals surface area contributed by atoms with Gasteiger partial charge in [0, 0.05) is 17.7 Å². The van der Waals surface area contributed by atoms with E-state index < -0.39 is 28.0 Å². The summed E-state index contributed by atoms with van der Waals surface area (Å²) < 4.78 is 0.897. The van der Waals surface area contributed by atoms with Crippen molar-refractivity contribution in [3.63, 3.8) is 0 Å². The number of hydrazone groups is 1. The highest BCUT2D eigenvalue weighted by molar-refractivity contribution is 5.95. The monoisotopic (exact) mass is 409 g/mol. The first kappa shape index (κ1) is 20.2. The Morgan fingerprint density at radius 1 is 1.23 bits per heavy atom. The van der Waals surface area contributed by atoms with E-state index in [1.54, 1.807) is 31.2 Å². The topological polar surface area (TPSA) is 160 Å². The highest BCUT2D eigenvalue weighted by atomic mass is 16.6. The number of carbonyl (C=O) groups is 1. The number of aryl methyl sites for hydroxylation is 1. The molecule has 3 aromatic rings. The maximum Gasteiger partial charge on any atom is 0.335 e. The summed E-state index contributed by atoms with van der Waals surface area (Å²) >= 11 is 0. The number of amides is 1. The molecule has 0 aliphatic heterocycles. The molecule has 0 saturated heterocycles. The predicted molar refractivity (Wildman–Crippen MR) is 107 cm³/mol. The van der Waals surface area contributed by atoms with E-state index in [4.69, 9.17) is 0 Å². The molecule has 1 aromatic heterocycles. The number of carbonyl (C=O) groups excluding carboxylic acids is 1. The SMILES string of the molecule is Cc1cccc(-n2c(O)c(/C=N\NC(=O)c3ccc([N+](=O)[O-])cc3)c(=O)[nH]c2=O)c1. The van der Waals surface area contributed by atoms with Gasteiger partial charge in [-0.05, 0) is 36.8 Å². The molecular formula is C19H15N5O6. The zero-order valence-corrected chi connectivity index (χ0v) is 15.5. The first-order valence-corrected chi connectivity index (χ1v) is 8.51. The van der Waals surface area contributed by atoms with Gasteiger partial charge in [0.1, 0.15) is 5.56 Å². The molecule has 3 rings (SSSR count). The average molecular weight is 409 g/mol. The van der Waals surface area contributed by atoms with Crippen LogP contribution in [0.5, 0.6) is 5.88 Å². The molecule has 0 unspecified atom stereocenters. The van der Waals surface area contributed by atoms with E-state index in [9.17, 15) is 29.6 Å². The Balaban J connectivity index is 1.87. The summed E-state index contributed by atoms with van der Waals surface area (Å²) in [6, 6.07) is 11.5. The molecule has 2 aromatic carbocycles. The number of aromatic hydroxyl groups is 1. The fourth-order valence-corrected chi connectivity index (χ4v) is 2.62. The zero-order valence-electron chi connectivity index (χ0n) is 15.5. The number of nitro benzene ring substituents is 1. The van der Waals surface area contributed by atoms with Crippen molar-refractivity contribution >= 4 is 17.8 Å². The summed E-state index contributed by atoms with van der Waals surface area (Å²) in [7, 11) is 0. The second kappa shape index (κ2) is 8.22. The summed E-state index contributed by atoms with van der Waals surface area (Å²) in [6.45, 7) is 1.80. The van der Waals surface area contributed by atoms with Gasteiger partial charge in [-0.3, -0.25) is 24.7 Å². The van der Waals surface area contributed by atoms with Crippen LogP contribution in [0.15, 0.2) is 63.2 Å². The molecule has 11 nitrogen and oxygen atoms in total. The molecule has 30 heavy (non-hydrogen) atoms. The lowest BCUT2D eigenvalue weighted by molar-refractivity contribution is -0.384. The first-order valence-electron chi connectivity index (χ1n) is 8.51. The number of non-ortho nitro benzene ring substituents is 1. The Bertz CT molecular complexity index is 1270. The third-order valence-electron chi connectivity index (χ3n) is 4.08. The number of aromatic nitrogens is 2. The van der Waals surface area contributed by atoms with Gasteiger partial charge in [-0.2, -0.15) is 5.10 Å². The molecule has 1 amide bonds. The van der Waals surface area contributed by atoms with E-state index in [-0.39, 0.29) is 16.8 Å². The van der Waals surface area contributed by atoms with Crippen LogP contribution in [-0.2, 0) is 0 Å². The second-order valence-electron chi connectivity index (χ2n) is 6.17. The van der Waals surface area contributed by atoms with Gasteiger partial charge in [0.15, 0.2) is 0 Å². The third kappa shape index (κ3) is 4.14. The van der Waals surface area contributed by atoms with Gasteiger partial charge < -0.3 is 5.11 Å². The molecule has 152 valence electrons. The van der Waals surface area contributed by atoms with E-state index in [1.807, 2.05) is 0 Å². The number of rotatable bonds is 5. The molecule has 1 heterocycles. The van der Waals surface area contributed by atoms with Crippen molar-refractivity contribution < 1.29 is 14.8 Å². The second-order valence-corrected chi connectivity index (χ2v) is 6.17. The Hall–Kier alpha value is -4.54. The van der Waals surface area contributed by atoms with Crippen molar-refractivity contribution in [2.45, 2.75) is 6.92 Å². The van der Waals surface area contributed by atoms with Crippen LogP contribution in [0.3, 0.4) is 0 Å². The molecule has 0 fully saturated rings. The maximum atomic E-state index is 12.2. The molecule has 0 atom stereocenters. The van der Waals surface area contributed by atoms with Crippen molar-refractivity contribution in [2.75, 3.05) is 0 Å². The van der Waals surface area contributed by atoms with Crippen LogP contribution in [0.2, 0.25) is 0 Å². The van der Waals surface area contributed by atoms with Gasteiger partial charge in [-0.25, -0.2) is 14.8 Å². The van der Waals surface area contributed by atoms with Crippen molar-refractivity contribution in [1.29, 1.82) is 0 Å². The summed E-state index contributed by atoms with van der Waals surface area (Å²) in [5, 5.41) is 24.7. The van der Waals surface area contributed by atoms with Crippen LogP contribution in [0.1, 0.15) is 21.5 Å². The summed E-state index contributed by atoms with van der Waals surface area (Å²) in [5.41, 5.74) is 1.15. The van der Waals surface area contributed by atoms with Crippen molar-refractivity contribution in [3.8, 4) is 11.6 Å². The molecule has 0 saturated carbocycles. The summed E-state index contributed by atoms with van der Waals surface area (Å²) in [4.78, 5) is 48.4. The number of nitrogens with zero attached hydrogens (tertiary/aromatic N) is 3. The Kier molecular flexibility index (Phi) is 5.54. The molecule has 11 heteroatoms. The zero-order chi connectivity index (χ0) is 21.8. The quantitative estimate of drug-likeness (QED) is 0.326. The molecule has 0 aliphatic rings. The van der Waals surface area contributed by atoms with E-state index in [0.29, 0.717) is 5.69 Å². The number of H-pyrrole nitrogens is 1. The van der Waals surface area contributed by atoms with Crippen LogP contribution in [0.4, 0.5) is 5.69 Å². The summed E-state index contributed by atoms with van der Waals surface area (Å²) in [5.74, 6) is -1.34. The molecular weight excluding hydrogens is 394 g/mol. The molecule has 0 bridgehead atoms. The Morgan fingerprint density at radius 2 is 1.93 bits per heavy atom. The third-order valence-corrected chi connectivity index (χ3v) is 4.08. The number of nitrogens with one attached hydrogen (secondary N) is 2. The van der Waals surface area contributed by atoms with Gasteiger partial charge in [0.25, 0.3) is 17.2 Å². The molecule has 0 spiro atoms. The fraction of sp³-hybridized carbons (Fsp3) is 0.0526. The van der Waals surface area contributed by atoms with Crippen molar-refractivity contribution in [3.05, 3.63) is 96.2 Å². The Labute approximate surface area is 168 Å². The number of benzene rings is 2. The predicted octanol–water partition coefficient (Wildman–Crippen LogP) is 1.21. The highest BCUT2D eigenvalue weighted by Gasteiger charge is 2.15. The van der Waals surface area contributed by atoms with E-state index in [2.05, 4.69) is 15.5 Å². The van der Waals surface area contributed by atoms with Crippen LogP contribution in [0.25, 0.3) is 5.69 Å². The van der Waals surface area contributed by atoms with E-state index in [1.165, 1.54) is 12.1 Å². The minimum absolute atomic E-state index is 0.0978. The molecule has 0 radical (unpaired) electrons. The minimum Gasteiger partial charge on any atom is -0.493 e. The number of hydrogen-bond acceptors (Lipinski definition) is 7. The maximum absolute atomic E-state index is 12.2. The molecule has 0 aliphatic carbocycles. The largest absolute Gasteiger partial charge is 0.493 e. The van der Waals surface area contributed by atoms with Crippen LogP contribution >= 0.6 is 0 Å². The number of hydrogen-bond donors (Lipinski definition) is 3. The number of nitro groups is 1. The standard InChI is InChI=1S/C19H15N5O6/c1-11-3-2-4-14(9-11)23-18(27)15(17(26)21-19(23)28)10-20-22-16(25)12-5-7-13(8-6-12)24(29)30/h2-10,27H,1H3,(H,22,25)(H,21,26,28)/b20-10-. The smallest absolute Gasteiger partial charge is 0.335 e.